The summed E-state index contributed by atoms with van der Waals surface area (Å²) >= 11 is 0. The average molecular weight is 259 g/mol. The van der Waals surface area contributed by atoms with Crippen LogP contribution < -0.4 is 5.73 Å². The minimum atomic E-state index is -2.18. The zero-order valence-electron chi connectivity index (χ0n) is 8.78. The Morgan fingerprint density at radius 1 is 0.722 bits per heavy atom. The highest BCUT2D eigenvalue weighted by Gasteiger charge is 2.26. The van der Waals surface area contributed by atoms with Gasteiger partial charge in [0.25, 0.3) is 0 Å². The van der Waals surface area contributed by atoms with Crippen LogP contribution in [0.4, 0.5) is 27.6 Å². The smallest absolute Gasteiger partial charge is 0.200 e. The summed E-state index contributed by atoms with van der Waals surface area (Å²) in [7, 11) is 0. The molecule has 2 aromatic rings. The van der Waals surface area contributed by atoms with E-state index in [1.807, 2.05) is 0 Å². The SMILES string of the molecule is Nc1cccc(-c2c(F)c(F)c(F)c(F)c2F)c1. The predicted molar refractivity (Wildman–Crippen MR) is 56.1 cm³/mol. The molecule has 0 heterocycles. The molecule has 0 unspecified atom stereocenters. The Kier molecular flexibility index (Phi) is 2.94. The van der Waals surface area contributed by atoms with Crippen LogP contribution in [0.2, 0.25) is 0 Å². The molecule has 1 nitrogen and oxygen atoms in total. The highest BCUT2D eigenvalue weighted by molar-refractivity contribution is 5.68. The van der Waals surface area contributed by atoms with Crippen molar-refractivity contribution in [1.29, 1.82) is 0 Å². The first-order valence-electron chi connectivity index (χ1n) is 4.80. The Morgan fingerprint density at radius 3 is 1.72 bits per heavy atom. The van der Waals surface area contributed by atoms with Crippen LogP contribution in [0.3, 0.4) is 0 Å². The Balaban J connectivity index is 2.80. The second-order valence-electron chi connectivity index (χ2n) is 3.57. The Morgan fingerprint density at radius 2 is 1.22 bits per heavy atom. The van der Waals surface area contributed by atoms with Gasteiger partial charge in [0.05, 0.1) is 5.56 Å². The van der Waals surface area contributed by atoms with Crippen molar-refractivity contribution in [2.24, 2.45) is 0 Å². The number of hydrogen-bond acceptors (Lipinski definition) is 1. The van der Waals surface area contributed by atoms with Crippen LogP contribution in [0.15, 0.2) is 24.3 Å². The molecule has 2 aromatic carbocycles. The van der Waals surface area contributed by atoms with E-state index in [1.54, 1.807) is 0 Å². The molecule has 0 spiro atoms. The molecule has 0 atom stereocenters. The number of hydrogen-bond donors (Lipinski definition) is 1. The van der Waals surface area contributed by atoms with E-state index in [4.69, 9.17) is 5.73 Å². The molecule has 0 saturated heterocycles. The summed E-state index contributed by atoms with van der Waals surface area (Å²) in [5.41, 5.74) is 4.38. The summed E-state index contributed by atoms with van der Waals surface area (Å²) in [4.78, 5) is 0. The van der Waals surface area contributed by atoms with E-state index < -0.39 is 34.6 Å². The molecule has 0 aromatic heterocycles. The number of nitrogen functional groups attached to an aromatic ring is 1. The van der Waals surface area contributed by atoms with Crippen LogP contribution in [0, 0.1) is 29.1 Å². The third-order valence-corrected chi connectivity index (χ3v) is 2.39. The predicted octanol–water partition coefficient (Wildman–Crippen LogP) is 3.63. The highest BCUT2D eigenvalue weighted by atomic mass is 19.2. The van der Waals surface area contributed by atoms with E-state index in [-0.39, 0.29) is 11.3 Å². The van der Waals surface area contributed by atoms with Crippen LogP contribution in [-0.4, -0.2) is 0 Å². The lowest BCUT2D eigenvalue weighted by molar-refractivity contribution is 0.381. The maximum Gasteiger partial charge on any atom is 0.200 e. The third-order valence-electron chi connectivity index (χ3n) is 2.39. The summed E-state index contributed by atoms with van der Waals surface area (Å²) in [6.07, 6.45) is 0. The van der Waals surface area contributed by atoms with Gasteiger partial charge in [-0.2, -0.15) is 0 Å². The fourth-order valence-electron chi connectivity index (χ4n) is 1.55. The maximum absolute atomic E-state index is 13.5. The zero-order valence-corrected chi connectivity index (χ0v) is 8.78. The van der Waals surface area contributed by atoms with Crippen molar-refractivity contribution in [2.45, 2.75) is 0 Å². The van der Waals surface area contributed by atoms with E-state index in [1.165, 1.54) is 18.2 Å². The Bertz CT molecular complexity index is 595. The summed E-state index contributed by atoms with van der Waals surface area (Å²) in [6, 6.07) is 5.10. The summed E-state index contributed by atoms with van der Waals surface area (Å²) < 4.78 is 65.7. The van der Waals surface area contributed by atoms with Gasteiger partial charge in [-0.25, -0.2) is 22.0 Å². The van der Waals surface area contributed by atoms with Crippen molar-refractivity contribution in [2.75, 3.05) is 5.73 Å². The molecular weight excluding hydrogens is 253 g/mol. The lowest BCUT2D eigenvalue weighted by Crippen LogP contribution is -2.04. The molecule has 6 heteroatoms. The molecule has 18 heavy (non-hydrogen) atoms. The second kappa shape index (κ2) is 4.29. The van der Waals surface area contributed by atoms with Gasteiger partial charge in [0, 0.05) is 5.69 Å². The van der Waals surface area contributed by atoms with Crippen LogP contribution in [0.25, 0.3) is 11.1 Å². The van der Waals surface area contributed by atoms with E-state index in [9.17, 15) is 22.0 Å². The summed E-state index contributed by atoms with van der Waals surface area (Å²) in [5, 5.41) is 0. The molecule has 2 rings (SSSR count). The van der Waals surface area contributed by atoms with Gasteiger partial charge >= 0.3 is 0 Å². The van der Waals surface area contributed by atoms with E-state index in [0.29, 0.717) is 0 Å². The summed E-state index contributed by atoms with van der Waals surface area (Å²) in [5.74, 6) is -9.90. The van der Waals surface area contributed by atoms with Crippen LogP contribution in [0.1, 0.15) is 0 Å². The van der Waals surface area contributed by atoms with Gasteiger partial charge in [0.1, 0.15) is 0 Å². The van der Waals surface area contributed by atoms with Gasteiger partial charge in [0.15, 0.2) is 23.3 Å². The first-order valence-corrected chi connectivity index (χ1v) is 4.80. The first-order chi connectivity index (χ1) is 8.43. The molecule has 0 amide bonds. The molecule has 0 aliphatic carbocycles. The Hall–Kier alpha value is -2.11. The van der Waals surface area contributed by atoms with Gasteiger partial charge < -0.3 is 5.73 Å². The molecule has 0 fully saturated rings. The van der Waals surface area contributed by atoms with Gasteiger partial charge in [-0.15, -0.1) is 0 Å². The minimum absolute atomic E-state index is 0.149. The molecule has 0 saturated carbocycles. The maximum atomic E-state index is 13.5. The standard InChI is InChI=1S/C12H6F5N/c13-8-7(5-2-1-3-6(18)4-5)9(14)11(16)12(17)10(8)15/h1-4H,18H2. The van der Waals surface area contributed by atoms with Crippen molar-refractivity contribution in [3.8, 4) is 11.1 Å². The molecule has 0 aliphatic heterocycles. The van der Waals surface area contributed by atoms with Crippen molar-refractivity contribution in [1.82, 2.24) is 0 Å². The van der Waals surface area contributed by atoms with Crippen LogP contribution >= 0.6 is 0 Å². The number of anilines is 1. The molecule has 0 bridgehead atoms. The average Bonchev–Trinajstić information content (AvgIpc) is 2.34. The number of rotatable bonds is 1. The van der Waals surface area contributed by atoms with Gasteiger partial charge in [0.2, 0.25) is 5.82 Å². The van der Waals surface area contributed by atoms with Crippen molar-refractivity contribution in [3.63, 3.8) is 0 Å². The van der Waals surface area contributed by atoms with Crippen LogP contribution in [0.5, 0.6) is 0 Å². The van der Waals surface area contributed by atoms with Crippen molar-refractivity contribution < 1.29 is 22.0 Å². The normalized spacial score (nSPS) is 10.7. The quantitative estimate of drug-likeness (QED) is 0.360. The number of nitrogens with two attached hydrogens (primary N) is 1. The molecular formula is C12H6F5N. The highest BCUT2D eigenvalue weighted by Crippen LogP contribution is 2.32. The van der Waals surface area contributed by atoms with E-state index >= 15 is 0 Å². The number of halogens is 5. The monoisotopic (exact) mass is 259 g/mol. The minimum Gasteiger partial charge on any atom is -0.399 e. The van der Waals surface area contributed by atoms with E-state index in [2.05, 4.69) is 0 Å². The van der Waals surface area contributed by atoms with Crippen molar-refractivity contribution >= 4 is 5.69 Å². The third kappa shape index (κ3) is 1.79. The molecule has 2 N–H and O–H groups in total. The molecule has 0 radical (unpaired) electrons. The number of benzene rings is 2. The van der Waals surface area contributed by atoms with Gasteiger partial charge in [-0.3, -0.25) is 0 Å². The molecule has 0 aliphatic rings. The second-order valence-corrected chi connectivity index (χ2v) is 3.57. The lowest BCUT2D eigenvalue weighted by Gasteiger charge is -2.08. The van der Waals surface area contributed by atoms with Crippen molar-refractivity contribution in [3.05, 3.63) is 53.4 Å². The topological polar surface area (TPSA) is 26.0 Å². The first kappa shape index (κ1) is 12.3. The van der Waals surface area contributed by atoms with E-state index in [0.717, 1.165) is 6.07 Å². The fourth-order valence-corrected chi connectivity index (χ4v) is 1.55. The molecule has 94 valence electrons. The fraction of sp³-hybridized carbons (Fsp3) is 0. The van der Waals surface area contributed by atoms with Crippen LogP contribution in [-0.2, 0) is 0 Å². The zero-order chi connectivity index (χ0) is 13.4. The Labute approximate surface area is 98.7 Å². The van der Waals surface area contributed by atoms with Gasteiger partial charge in [-0.05, 0) is 17.7 Å². The van der Waals surface area contributed by atoms with Gasteiger partial charge in [-0.1, -0.05) is 12.1 Å². The summed E-state index contributed by atoms with van der Waals surface area (Å²) in [6.45, 7) is 0. The lowest BCUT2D eigenvalue weighted by atomic mass is 10.0. The largest absolute Gasteiger partial charge is 0.399 e.